The molecule has 2 saturated carbocycles. The first-order valence-electron chi connectivity index (χ1n) is 9.45. The van der Waals surface area contributed by atoms with E-state index in [2.05, 4.69) is 26.0 Å². The fraction of sp³-hybridized carbons (Fsp3) is 0.762. The maximum absolute atomic E-state index is 12.1. The first kappa shape index (κ1) is 15.6. The minimum absolute atomic E-state index is 0.114. The Labute approximate surface area is 140 Å². The first-order valence-corrected chi connectivity index (χ1v) is 9.45. The number of hydrogen-bond acceptors (Lipinski definition) is 2. The number of ketones is 1. The lowest BCUT2D eigenvalue weighted by molar-refractivity contribution is -0.115. The van der Waals surface area contributed by atoms with Crippen molar-refractivity contribution in [1.29, 1.82) is 0 Å². The molecule has 2 nitrogen and oxygen atoms in total. The van der Waals surface area contributed by atoms with Crippen LogP contribution in [-0.4, -0.2) is 17.0 Å². The highest BCUT2D eigenvalue weighted by atomic mass is 16.3. The third-order valence-corrected chi connectivity index (χ3v) is 8.04. The predicted octanol–water partition coefficient (Wildman–Crippen LogP) is 4.44. The van der Waals surface area contributed by atoms with Gasteiger partial charge in [0.1, 0.15) is 0 Å². The number of fused-ring (bicyclic) bond motifs is 5. The zero-order valence-corrected chi connectivity index (χ0v) is 14.8. The molecule has 0 radical (unpaired) electrons. The molecule has 1 N–H and O–H groups in total. The molecule has 0 aromatic heterocycles. The Bertz CT molecular complexity index is 601. The molecule has 0 spiro atoms. The van der Waals surface area contributed by atoms with Gasteiger partial charge in [-0.1, -0.05) is 31.6 Å². The summed E-state index contributed by atoms with van der Waals surface area (Å²) < 4.78 is 0. The van der Waals surface area contributed by atoms with Crippen LogP contribution >= 0.6 is 0 Å². The van der Waals surface area contributed by atoms with E-state index in [4.69, 9.17) is 0 Å². The third-order valence-electron chi connectivity index (χ3n) is 8.04. The highest BCUT2D eigenvalue weighted by Gasteiger charge is 2.57. The van der Waals surface area contributed by atoms with E-state index >= 15 is 0 Å². The molecule has 23 heavy (non-hydrogen) atoms. The number of carbonyl (C=O) groups is 1. The minimum atomic E-state index is -0.128. The summed E-state index contributed by atoms with van der Waals surface area (Å²) in [4.78, 5) is 12.1. The predicted molar refractivity (Wildman–Crippen MR) is 91.9 cm³/mol. The third kappa shape index (κ3) is 2.06. The molecule has 6 atom stereocenters. The van der Waals surface area contributed by atoms with Crippen LogP contribution < -0.4 is 0 Å². The SMILES string of the molecule is CC(=O)C1=CC[C@@H]2[C@H]3CC=C4C[C@H](O)CC[C@@]4(C)[C@@H]3CC[C@@]12C. The molecule has 4 aliphatic rings. The van der Waals surface area contributed by atoms with Crippen LogP contribution in [-0.2, 0) is 4.79 Å². The zero-order chi connectivity index (χ0) is 16.4. The van der Waals surface area contributed by atoms with Crippen molar-refractivity contribution < 1.29 is 9.90 Å². The molecule has 0 aromatic rings. The summed E-state index contributed by atoms with van der Waals surface area (Å²) in [7, 11) is 0. The van der Waals surface area contributed by atoms with Gasteiger partial charge in [0.2, 0.25) is 0 Å². The molecule has 4 aliphatic carbocycles. The van der Waals surface area contributed by atoms with Gasteiger partial charge in [0.15, 0.2) is 5.78 Å². The Balaban J connectivity index is 1.67. The van der Waals surface area contributed by atoms with Gasteiger partial charge in [0.25, 0.3) is 0 Å². The molecule has 0 saturated heterocycles. The second kappa shape index (κ2) is 5.05. The Morgan fingerprint density at radius 1 is 1.09 bits per heavy atom. The minimum Gasteiger partial charge on any atom is -0.393 e. The van der Waals surface area contributed by atoms with Gasteiger partial charge in [-0.15, -0.1) is 0 Å². The van der Waals surface area contributed by atoms with Crippen molar-refractivity contribution in [3.05, 3.63) is 23.3 Å². The Kier molecular flexibility index (Phi) is 3.43. The maximum Gasteiger partial charge on any atom is 0.156 e. The molecule has 0 heterocycles. The van der Waals surface area contributed by atoms with E-state index in [1.54, 1.807) is 6.92 Å². The number of hydrogen-bond donors (Lipinski definition) is 1. The smallest absolute Gasteiger partial charge is 0.156 e. The van der Waals surface area contributed by atoms with E-state index in [1.807, 2.05) is 0 Å². The number of aliphatic hydroxyl groups is 1. The zero-order valence-electron chi connectivity index (χ0n) is 14.8. The highest BCUT2D eigenvalue weighted by Crippen LogP contribution is 2.64. The number of allylic oxidation sites excluding steroid dienone is 3. The molecular weight excluding hydrogens is 284 g/mol. The Hall–Kier alpha value is -0.890. The van der Waals surface area contributed by atoms with Crippen molar-refractivity contribution in [1.82, 2.24) is 0 Å². The summed E-state index contributed by atoms with van der Waals surface area (Å²) in [5, 5.41) is 10.1. The fourth-order valence-corrected chi connectivity index (χ4v) is 6.75. The Morgan fingerprint density at radius 3 is 2.57 bits per heavy atom. The molecule has 0 amide bonds. The van der Waals surface area contributed by atoms with Crippen LogP contribution in [0, 0.1) is 28.6 Å². The van der Waals surface area contributed by atoms with Crippen LogP contribution in [0.1, 0.15) is 65.7 Å². The molecule has 0 aliphatic heterocycles. The van der Waals surface area contributed by atoms with Crippen LogP contribution in [0.5, 0.6) is 0 Å². The van der Waals surface area contributed by atoms with E-state index in [0.717, 1.165) is 50.0 Å². The second-order valence-corrected chi connectivity index (χ2v) is 9.02. The monoisotopic (exact) mass is 314 g/mol. The number of aliphatic hydroxyl groups excluding tert-OH is 1. The van der Waals surface area contributed by atoms with E-state index in [1.165, 1.54) is 12.0 Å². The highest BCUT2D eigenvalue weighted by molar-refractivity contribution is 5.95. The summed E-state index contributed by atoms with van der Waals surface area (Å²) in [6.45, 7) is 6.55. The van der Waals surface area contributed by atoms with E-state index in [-0.39, 0.29) is 17.3 Å². The van der Waals surface area contributed by atoms with E-state index in [9.17, 15) is 9.90 Å². The van der Waals surface area contributed by atoms with Gasteiger partial charge in [-0.2, -0.15) is 0 Å². The average Bonchev–Trinajstić information content (AvgIpc) is 2.85. The van der Waals surface area contributed by atoms with E-state index < -0.39 is 0 Å². The number of Topliss-reactive ketones (excluding diaryl/α,β-unsaturated/α-hetero) is 1. The summed E-state index contributed by atoms with van der Waals surface area (Å²) >= 11 is 0. The average molecular weight is 314 g/mol. The molecule has 2 fully saturated rings. The van der Waals surface area contributed by atoms with Crippen LogP contribution in [0.4, 0.5) is 0 Å². The second-order valence-electron chi connectivity index (χ2n) is 9.02. The summed E-state index contributed by atoms with van der Waals surface area (Å²) in [6, 6.07) is 0. The van der Waals surface area contributed by atoms with Crippen LogP contribution in [0.25, 0.3) is 0 Å². The van der Waals surface area contributed by atoms with Crippen molar-refractivity contribution in [3.63, 3.8) is 0 Å². The van der Waals surface area contributed by atoms with Gasteiger partial charge in [-0.05, 0) is 86.0 Å². The maximum atomic E-state index is 12.1. The quantitative estimate of drug-likeness (QED) is 0.727. The number of carbonyl (C=O) groups excluding carboxylic acids is 1. The van der Waals surface area contributed by atoms with E-state index in [0.29, 0.717) is 17.3 Å². The molecule has 0 aromatic carbocycles. The van der Waals surface area contributed by atoms with Gasteiger partial charge >= 0.3 is 0 Å². The van der Waals surface area contributed by atoms with Crippen molar-refractivity contribution in [3.8, 4) is 0 Å². The van der Waals surface area contributed by atoms with Gasteiger partial charge < -0.3 is 5.11 Å². The van der Waals surface area contributed by atoms with Crippen LogP contribution in [0.3, 0.4) is 0 Å². The van der Waals surface area contributed by atoms with Gasteiger partial charge in [-0.3, -0.25) is 4.79 Å². The van der Waals surface area contributed by atoms with Gasteiger partial charge in [0, 0.05) is 0 Å². The molecular formula is C21H30O2. The lowest BCUT2D eigenvalue weighted by atomic mass is 9.47. The molecule has 4 rings (SSSR count). The standard InChI is InChI=1S/C21H30O2/c1-13(22)17-6-7-18-16-5-4-14-12-15(23)8-10-20(14,2)19(16)9-11-21(17,18)3/h4,6,15-16,18-19,23H,5,7-12H2,1-3H3/t15-,16-,18-,19-,20-,21+/m1/s1. The summed E-state index contributed by atoms with van der Waals surface area (Å²) in [5.74, 6) is 2.38. The first-order chi connectivity index (χ1) is 10.9. The van der Waals surface area contributed by atoms with Crippen molar-refractivity contribution in [2.45, 2.75) is 71.8 Å². The van der Waals surface area contributed by atoms with Crippen LogP contribution in [0.15, 0.2) is 23.3 Å². The van der Waals surface area contributed by atoms with Crippen molar-refractivity contribution in [2.24, 2.45) is 28.6 Å². The van der Waals surface area contributed by atoms with Gasteiger partial charge in [-0.25, -0.2) is 0 Å². The summed E-state index contributed by atoms with van der Waals surface area (Å²) in [5.41, 5.74) is 3.05. The molecule has 0 unspecified atom stereocenters. The number of rotatable bonds is 1. The lowest BCUT2D eigenvalue weighted by Gasteiger charge is -2.57. The Morgan fingerprint density at radius 2 is 1.83 bits per heavy atom. The normalized spacial score (nSPS) is 48.7. The molecule has 0 bridgehead atoms. The van der Waals surface area contributed by atoms with Crippen molar-refractivity contribution in [2.75, 3.05) is 0 Å². The molecule has 126 valence electrons. The van der Waals surface area contributed by atoms with Gasteiger partial charge in [0.05, 0.1) is 6.10 Å². The fourth-order valence-electron chi connectivity index (χ4n) is 6.75. The van der Waals surface area contributed by atoms with Crippen LogP contribution in [0.2, 0.25) is 0 Å². The van der Waals surface area contributed by atoms with Crippen molar-refractivity contribution >= 4 is 5.78 Å². The molecule has 2 heteroatoms. The lowest BCUT2D eigenvalue weighted by Crippen LogP contribution is -2.50. The summed E-state index contributed by atoms with van der Waals surface area (Å²) in [6.07, 6.45) is 12.2. The largest absolute Gasteiger partial charge is 0.393 e. The topological polar surface area (TPSA) is 37.3 Å².